The average Bonchev–Trinajstić information content (AvgIpc) is 3.30. The molecule has 2 aromatic rings. The summed E-state index contributed by atoms with van der Waals surface area (Å²) in [4.78, 5) is 4.56. The third-order valence-corrected chi connectivity index (χ3v) is 3.83. The zero-order valence-electron chi connectivity index (χ0n) is 12.4. The second-order valence-electron chi connectivity index (χ2n) is 5.70. The van der Waals surface area contributed by atoms with Crippen LogP contribution in [0.1, 0.15) is 25.0 Å². The Bertz CT molecular complexity index is 695. The number of nitrogens with zero attached hydrogens (tertiary/aromatic N) is 1. The summed E-state index contributed by atoms with van der Waals surface area (Å²) < 4.78 is 0. The maximum Gasteiger partial charge on any atom is 0.148 e. The third kappa shape index (κ3) is 3.65. The minimum absolute atomic E-state index is 0.836. The van der Waals surface area contributed by atoms with Gasteiger partial charge in [0.15, 0.2) is 0 Å². The molecular formula is C18H21N3. The topological polar surface area (TPSA) is 37.0 Å². The summed E-state index contributed by atoms with van der Waals surface area (Å²) in [5.41, 5.74) is 5.96. The Morgan fingerprint density at radius 1 is 1.33 bits per heavy atom. The second-order valence-corrected chi connectivity index (χ2v) is 5.70. The van der Waals surface area contributed by atoms with Crippen LogP contribution in [0.25, 0.3) is 10.9 Å². The number of aromatic nitrogens is 1. The van der Waals surface area contributed by atoms with Gasteiger partial charge in [0.1, 0.15) is 5.82 Å². The molecule has 21 heavy (non-hydrogen) atoms. The summed E-state index contributed by atoms with van der Waals surface area (Å²) in [5, 5.41) is 7.84. The Morgan fingerprint density at radius 3 is 2.90 bits per heavy atom. The first-order valence-electron chi connectivity index (χ1n) is 7.53. The molecule has 1 fully saturated rings. The van der Waals surface area contributed by atoms with E-state index in [1.165, 1.54) is 19.3 Å². The molecule has 3 nitrogen and oxygen atoms in total. The standard InChI is InChI=1S/C18H21N3/c1-3-18(19-11-10-14-5-6-14)21-16-9-8-15-7-4-13(2)20-17(15)12-16/h4,7-9,12,14,19,21H,1,5-6,10-11H2,2H3. The highest BCUT2D eigenvalue weighted by Gasteiger charge is 2.20. The lowest BCUT2D eigenvalue weighted by atomic mass is 10.2. The minimum Gasteiger partial charge on any atom is -0.365 e. The Balaban J connectivity index is 1.68. The number of hydrogen-bond acceptors (Lipinski definition) is 3. The summed E-state index contributed by atoms with van der Waals surface area (Å²) in [7, 11) is 0. The highest BCUT2D eigenvalue weighted by Crippen LogP contribution is 2.31. The van der Waals surface area contributed by atoms with E-state index < -0.39 is 0 Å². The van der Waals surface area contributed by atoms with Crippen LogP contribution < -0.4 is 10.6 Å². The van der Waals surface area contributed by atoms with Crippen molar-refractivity contribution in [2.24, 2.45) is 5.92 Å². The van der Waals surface area contributed by atoms with Crippen molar-refractivity contribution in [2.45, 2.75) is 26.2 Å². The van der Waals surface area contributed by atoms with Gasteiger partial charge in [0.05, 0.1) is 5.52 Å². The number of fused-ring (bicyclic) bond motifs is 1. The maximum absolute atomic E-state index is 4.56. The highest BCUT2D eigenvalue weighted by atomic mass is 15.1. The molecule has 1 aliphatic rings. The van der Waals surface area contributed by atoms with Crippen molar-refractivity contribution in [3.63, 3.8) is 0 Å². The number of pyridine rings is 1. The van der Waals surface area contributed by atoms with Crippen molar-refractivity contribution in [1.29, 1.82) is 0 Å². The van der Waals surface area contributed by atoms with Gasteiger partial charge in [0, 0.05) is 23.3 Å². The van der Waals surface area contributed by atoms with Gasteiger partial charge in [0.2, 0.25) is 0 Å². The van der Waals surface area contributed by atoms with Crippen molar-refractivity contribution in [2.75, 3.05) is 11.9 Å². The first kappa shape index (κ1) is 13.7. The molecule has 2 N–H and O–H groups in total. The van der Waals surface area contributed by atoms with Crippen LogP contribution in [0.2, 0.25) is 0 Å². The molecule has 0 saturated heterocycles. The van der Waals surface area contributed by atoms with Crippen LogP contribution in [-0.2, 0) is 0 Å². The zero-order chi connectivity index (χ0) is 14.7. The van der Waals surface area contributed by atoms with Gasteiger partial charge in [-0.3, -0.25) is 4.98 Å². The van der Waals surface area contributed by atoms with E-state index in [1.807, 2.05) is 13.0 Å². The molecule has 1 saturated carbocycles. The van der Waals surface area contributed by atoms with Crippen molar-refractivity contribution in [1.82, 2.24) is 10.3 Å². The summed E-state index contributed by atoms with van der Waals surface area (Å²) in [6, 6.07) is 10.3. The molecule has 1 heterocycles. The summed E-state index contributed by atoms with van der Waals surface area (Å²) >= 11 is 0. The van der Waals surface area contributed by atoms with Crippen LogP contribution in [0.5, 0.6) is 0 Å². The summed E-state index contributed by atoms with van der Waals surface area (Å²) in [6.07, 6.45) is 4.00. The number of nitrogens with one attached hydrogen (secondary N) is 2. The molecule has 3 rings (SSSR count). The number of hydrogen-bond donors (Lipinski definition) is 2. The lowest BCUT2D eigenvalue weighted by Gasteiger charge is -2.12. The van der Waals surface area contributed by atoms with Crippen molar-refractivity contribution in [3.05, 3.63) is 54.2 Å². The quantitative estimate of drug-likeness (QED) is 0.786. The fourth-order valence-corrected chi connectivity index (χ4v) is 2.40. The van der Waals surface area contributed by atoms with Gasteiger partial charge in [-0.15, -0.1) is 0 Å². The van der Waals surface area contributed by atoms with Gasteiger partial charge < -0.3 is 10.6 Å². The molecule has 0 bridgehead atoms. The Kier molecular flexibility index (Phi) is 3.94. The second kappa shape index (κ2) is 6.02. The highest BCUT2D eigenvalue weighted by molar-refractivity contribution is 5.82. The molecule has 0 spiro atoms. The van der Waals surface area contributed by atoms with Gasteiger partial charge in [-0.05, 0) is 37.5 Å². The Labute approximate surface area is 125 Å². The van der Waals surface area contributed by atoms with E-state index in [9.17, 15) is 0 Å². The maximum atomic E-state index is 4.56. The molecule has 0 aliphatic heterocycles. The monoisotopic (exact) mass is 279 g/mol. The van der Waals surface area contributed by atoms with Crippen LogP contribution >= 0.6 is 0 Å². The van der Waals surface area contributed by atoms with Crippen LogP contribution in [0.15, 0.2) is 48.5 Å². The van der Waals surface area contributed by atoms with Crippen LogP contribution in [-0.4, -0.2) is 11.5 Å². The van der Waals surface area contributed by atoms with Gasteiger partial charge in [0.25, 0.3) is 0 Å². The first-order valence-corrected chi connectivity index (χ1v) is 7.53. The van der Waals surface area contributed by atoms with Crippen molar-refractivity contribution in [3.8, 4) is 0 Å². The molecule has 1 aliphatic carbocycles. The lowest BCUT2D eigenvalue weighted by Crippen LogP contribution is -2.20. The summed E-state index contributed by atoms with van der Waals surface area (Å²) in [6.45, 7) is 6.73. The largest absolute Gasteiger partial charge is 0.365 e. The van der Waals surface area contributed by atoms with Crippen molar-refractivity contribution < 1.29 is 0 Å². The third-order valence-electron chi connectivity index (χ3n) is 3.83. The molecule has 108 valence electrons. The lowest BCUT2D eigenvalue weighted by molar-refractivity contribution is 0.669. The summed E-state index contributed by atoms with van der Waals surface area (Å²) in [5.74, 6) is 1.76. The zero-order valence-corrected chi connectivity index (χ0v) is 12.4. The molecule has 0 atom stereocenters. The predicted molar refractivity (Wildman–Crippen MR) is 88.1 cm³/mol. The number of rotatable bonds is 6. The fraction of sp³-hybridized carbons (Fsp3) is 0.333. The van der Waals surface area contributed by atoms with Gasteiger partial charge >= 0.3 is 0 Å². The van der Waals surface area contributed by atoms with Gasteiger partial charge in [-0.2, -0.15) is 0 Å². The van der Waals surface area contributed by atoms with Crippen molar-refractivity contribution >= 4 is 16.6 Å². The minimum atomic E-state index is 0.836. The SMILES string of the molecule is C=C=C(NCCC1CC1)Nc1ccc2ccc(C)nc2c1. The fourth-order valence-electron chi connectivity index (χ4n) is 2.40. The molecule has 3 heteroatoms. The van der Waals surface area contributed by atoms with E-state index >= 15 is 0 Å². The van der Waals surface area contributed by atoms with Crippen LogP contribution in [0.4, 0.5) is 5.69 Å². The number of aryl methyl sites for hydroxylation is 1. The predicted octanol–water partition coefficient (Wildman–Crippen LogP) is 3.97. The normalized spacial score (nSPS) is 13.8. The van der Waals surface area contributed by atoms with E-state index in [0.29, 0.717) is 0 Å². The van der Waals surface area contributed by atoms with E-state index in [4.69, 9.17) is 0 Å². The number of benzene rings is 1. The van der Waals surface area contributed by atoms with Crippen LogP contribution in [0, 0.1) is 12.8 Å². The Hall–Kier alpha value is -2.25. The Morgan fingerprint density at radius 2 is 2.14 bits per heavy atom. The van der Waals surface area contributed by atoms with Gasteiger partial charge in [-0.25, -0.2) is 0 Å². The average molecular weight is 279 g/mol. The van der Waals surface area contributed by atoms with E-state index in [-0.39, 0.29) is 0 Å². The van der Waals surface area contributed by atoms with E-state index in [2.05, 4.69) is 52.2 Å². The van der Waals surface area contributed by atoms with Gasteiger partial charge in [-0.1, -0.05) is 37.3 Å². The molecule has 1 aromatic heterocycles. The van der Waals surface area contributed by atoms with Crippen LogP contribution in [0.3, 0.4) is 0 Å². The molecule has 1 aromatic carbocycles. The number of anilines is 1. The first-order chi connectivity index (χ1) is 10.2. The van der Waals surface area contributed by atoms with E-state index in [1.54, 1.807) is 0 Å². The smallest absolute Gasteiger partial charge is 0.148 e. The molecular weight excluding hydrogens is 258 g/mol. The molecule has 0 unspecified atom stereocenters. The molecule has 0 amide bonds. The van der Waals surface area contributed by atoms with E-state index in [0.717, 1.165) is 40.6 Å². The molecule has 0 radical (unpaired) electrons.